The third-order valence-electron chi connectivity index (χ3n) is 5.71. The third-order valence-corrected chi connectivity index (χ3v) is 5.71. The third kappa shape index (κ3) is 3.22. The summed E-state index contributed by atoms with van der Waals surface area (Å²) < 4.78 is 37.8. The Labute approximate surface area is 155 Å². The summed E-state index contributed by atoms with van der Waals surface area (Å²) in [5.74, 6) is -1.95. The molecule has 9 heteroatoms. The van der Waals surface area contributed by atoms with Gasteiger partial charge in [0, 0.05) is 6.54 Å². The van der Waals surface area contributed by atoms with Gasteiger partial charge in [-0.3, -0.25) is 4.79 Å². The number of aromatic nitrogens is 2. The lowest BCUT2D eigenvalue weighted by molar-refractivity contribution is -0.0270. The Morgan fingerprint density at radius 2 is 2.11 bits per heavy atom. The molecule has 27 heavy (non-hydrogen) atoms. The van der Waals surface area contributed by atoms with Crippen molar-refractivity contribution in [2.45, 2.75) is 37.1 Å². The number of morpholine rings is 1. The molecule has 7 nitrogen and oxygen atoms in total. The minimum Gasteiger partial charge on any atom is -0.475 e. The van der Waals surface area contributed by atoms with Gasteiger partial charge in [0.25, 0.3) is 17.7 Å². The fourth-order valence-electron chi connectivity index (χ4n) is 3.67. The number of anilines is 1. The van der Waals surface area contributed by atoms with Gasteiger partial charge < -0.3 is 19.3 Å². The van der Waals surface area contributed by atoms with Gasteiger partial charge in [-0.05, 0) is 31.6 Å². The quantitative estimate of drug-likeness (QED) is 0.775. The van der Waals surface area contributed by atoms with Crippen molar-refractivity contribution in [3.05, 3.63) is 11.9 Å². The van der Waals surface area contributed by atoms with Gasteiger partial charge in [0.15, 0.2) is 11.5 Å². The SMILES string of the molecule is O=C(c1cnc(N2CC(F)(F)C2)c(OCC2CC2)n1)N1CCOCC12CC2. The molecule has 3 heterocycles. The summed E-state index contributed by atoms with van der Waals surface area (Å²) >= 11 is 0. The molecule has 0 aromatic carbocycles. The fraction of sp³-hybridized carbons (Fsp3) is 0.722. The van der Waals surface area contributed by atoms with Crippen LogP contribution in [-0.2, 0) is 4.74 Å². The summed E-state index contributed by atoms with van der Waals surface area (Å²) in [5.41, 5.74) is -0.00504. The van der Waals surface area contributed by atoms with E-state index in [1.807, 2.05) is 4.90 Å². The van der Waals surface area contributed by atoms with E-state index in [0.717, 1.165) is 25.7 Å². The van der Waals surface area contributed by atoms with Crippen molar-refractivity contribution in [1.82, 2.24) is 14.9 Å². The molecule has 0 radical (unpaired) electrons. The highest BCUT2D eigenvalue weighted by Crippen LogP contribution is 2.44. The Balaban J connectivity index is 1.39. The monoisotopic (exact) mass is 380 g/mol. The van der Waals surface area contributed by atoms with Crippen LogP contribution in [-0.4, -0.2) is 71.7 Å². The maximum Gasteiger partial charge on any atom is 0.282 e. The van der Waals surface area contributed by atoms with E-state index >= 15 is 0 Å². The van der Waals surface area contributed by atoms with Crippen LogP contribution >= 0.6 is 0 Å². The maximum atomic E-state index is 13.3. The van der Waals surface area contributed by atoms with Gasteiger partial charge in [-0.2, -0.15) is 0 Å². The Morgan fingerprint density at radius 3 is 2.78 bits per heavy atom. The van der Waals surface area contributed by atoms with Crippen LogP contribution in [0, 0.1) is 5.92 Å². The molecule has 4 fully saturated rings. The summed E-state index contributed by atoms with van der Waals surface area (Å²) in [6, 6.07) is 0. The van der Waals surface area contributed by atoms with Crippen LogP contribution in [0.3, 0.4) is 0 Å². The van der Waals surface area contributed by atoms with Crippen molar-refractivity contribution in [2.24, 2.45) is 5.92 Å². The Morgan fingerprint density at radius 1 is 1.33 bits per heavy atom. The lowest BCUT2D eigenvalue weighted by Crippen LogP contribution is -2.56. The number of nitrogens with zero attached hydrogens (tertiary/aromatic N) is 4. The largest absolute Gasteiger partial charge is 0.475 e. The Bertz CT molecular complexity index is 759. The first kappa shape index (κ1) is 17.1. The molecule has 2 saturated heterocycles. The summed E-state index contributed by atoms with van der Waals surface area (Å²) in [7, 11) is 0. The first-order valence-corrected chi connectivity index (χ1v) is 9.48. The minimum absolute atomic E-state index is 0.182. The average Bonchev–Trinajstić information content (AvgIpc) is 3.55. The second-order valence-corrected chi connectivity index (χ2v) is 8.08. The summed E-state index contributed by atoms with van der Waals surface area (Å²) in [6.07, 6.45) is 5.43. The van der Waals surface area contributed by atoms with Gasteiger partial charge in [-0.25, -0.2) is 18.7 Å². The number of hydrogen-bond donors (Lipinski definition) is 0. The number of carbonyl (C=O) groups is 1. The van der Waals surface area contributed by atoms with E-state index in [1.165, 1.54) is 11.1 Å². The molecule has 1 aromatic rings. The number of hydrogen-bond acceptors (Lipinski definition) is 6. The highest BCUT2D eigenvalue weighted by atomic mass is 19.3. The summed E-state index contributed by atoms with van der Waals surface area (Å²) in [4.78, 5) is 24.9. The van der Waals surface area contributed by atoms with E-state index in [4.69, 9.17) is 9.47 Å². The molecule has 2 aliphatic carbocycles. The standard InChI is InChI=1S/C18H22F2N4O3/c19-18(20)9-23(10-18)14-15(27-8-12-1-2-12)22-13(7-21-14)16(25)24-5-6-26-11-17(24)3-4-17/h7,12H,1-6,8-11H2. The number of ether oxygens (including phenoxy) is 2. The molecule has 2 saturated carbocycles. The Kier molecular flexibility index (Phi) is 3.79. The van der Waals surface area contributed by atoms with E-state index < -0.39 is 19.0 Å². The van der Waals surface area contributed by atoms with E-state index in [2.05, 4.69) is 9.97 Å². The minimum atomic E-state index is -2.71. The van der Waals surface area contributed by atoms with Crippen LogP contribution in [0.15, 0.2) is 6.20 Å². The van der Waals surface area contributed by atoms with Crippen molar-refractivity contribution >= 4 is 11.7 Å². The van der Waals surface area contributed by atoms with Crippen LogP contribution in [0.25, 0.3) is 0 Å². The molecule has 1 aromatic heterocycles. The van der Waals surface area contributed by atoms with Crippen LogP contribution < -0.4 is 9.64 Å². The number of carbonyl (C=O) groups excluding carboxylic acids is 1. The summed E-state index contributed by atoms with van der Waals surface area (Å²) in [5, 5.41) is 0. The topological polar surface area (TPSA) is 67.8 Å². The Hall–Kier alpha value is -2.03. The van der Waals surface area contributed by atoms with E-state index in [1.54, 1.807) is 0 Å². The second kappa shape index (κ2) is 5.98. The molecular weight excluding hydrogens is 358 g/mol. The molecule has 1 amide bonds. The molecule has 0 unspecified atom stereocenters. The van der Waals surface area contributed by atoms with Gasteiger partial charge in [0.05, 0.1) is 44.6 Å². The summed E-state index contributed by atoms with van der Waals surface area (Å²) in [6.45, 7) is 1.26. The highest BCUT2D eigenvalue weighted by Gasteiger charge is 2.52. The van der Waals surface area contributed by atoms with Crippen LogP contribution in [0.2, 0.25) is 0 Å². The molecule has 0 bridgehead atoms. The molecule has 4 aliphatic rings. The predicted molar refractivity (Wildman–Crippen MR) is 91.2 cm³/mol. The second-order valence-electron chi connectivity index (χ2n) is 8.08. The normalized spacial score (nSPS) is 25.3. The molecular formula is C18H22F2N4O3. The number of halogens is 2. The fourth-order valence-corrected chi connectivity index (χ4v) is 3.67. The van der Waals surface area contributed by atoms with Gasteiger partial charge in [-0.1, -0.05) is 0 Å². The van der Waals surface area contributed by atoms with Crippen molar-refractivity contribution in [3.63, 3.8) is 0 Å². The first-order valence-electron chi connectivity index (χ1n) is 9.48. The van der Waals surface area contributed by atoms with Gasteiger partial charge in [-0.15, -0.1) is 0 Å². The van der Waals surface area contributed by atoms with Crippen LogP contribution in [0.5, 0.6) is 5.88 Å². The first-order chi connectivity index (χ1) is 13.0. The molecule has 2 aliphatic heterocycles. The van der Waals surface area contributed by atoms with E-state index in [9.17, 15) is 13.6 Å². The molecule has 1 spiro atoms. The number of alkyl halides is 2. The smallest absolute Gasteiger partial charge is 0.282 e. The predicted octanol–water partition coefficient (Wildman–Crippen LogP) is 1.73. The van der Waals surface area contributed by atoms with Crippen LogP contribution in [0.1, 0.15) is 36.2 Å². The lowest BCUT2D eigenvalue weighted by atomic mass is 10.1. The number of rotatable bonds is 5. The van der Waals surface area contributed by atoms with Crippen molar-refractivity contribution in [2.75, 3.05) is 44.4 Å². The molecule has 0 atom stereocenters. The highest BCUT2D eigenvalue weighted by molar-refractivity contribution is 5.93. The zero-order valence-electron chi connectivity index (χ0n) is 15.0. The lowest BCUT2D eigenvalue weighted by Gasteiger charge is -2.39. The zero-order chi connectivity index (χ0) is 18.6. The van der Waals surface area contributed by atoms with E-state index in [0.29, 0.717) is 38.1 Å². The van der Waals surface area contributed by atoms with Crippen molar-refractivity contribution < 1.29 is 23.0 Å². The van der Waals surface area contributed by atoms with Crippen molar-refractivity contribution in [1.29, 1.82) is 0 Å². The van der Waals surface area contributed by atoms with E-state index in [-0.39, 0.29) is 23.0 Å². The average molecular weight is 380 g/mol. The molecule has 5 rings (SSSR count). The molecule has 146 valence electrons. The zero-order valence-corrected chi connectivity index (χ0v) is 15.0. The van der Waals surface area contributed by atoms with Crippen LogP contribution in [0.4, 0.5) is 14.6 Å². The van der Waals surface area contributed by atoms with Gasteiger partial charge in [0.2, 0.25) is 0 Å². The molecule has 0 N–H and O–H groups in total. The van der Waals surface area contributed by atoms with Gasteiger partial charge >= 0.3 is 0 Å². The van der Waals surface area contributed by atoms with Gasteiger partial charge in [0.1, 0.15) is 0 Å². The maximum absolute atomic E-state index is 13.3. The van der Waals surface area contributed by atoms with Crippen molar-refractivity contribution in [3.8, 4) is 5.88 Å². The number of amides is 1.